The van der Waals surface area contributed by atoms with Crippen LogP contribution in [0.1, 0.15) is 131 Å². The molecule has 2 saturated heterocycles. The minimum Gasteiger partial charge on any atom is -0.363 e. The number of likely N-dealkylation sites (N-methyl/N-ethyl adjacent to an activating group) is 1. The average Bonchev–Trinajstić information content (AvgIpc) is 3.82. The molecule has 0 bridgehead atoms. The molecule has 0 aromatic heterocycles. The number of rotatable bonds is 11. The monoisotopic (exact) mass is 738 g/mol. The number of primary amides is 1. The zero-order valence-electron chi connectivity index (χ0n) is 33.4. The van der Waals surface area contributed by atoms with Crippen LogP contribution in [0.25, 0.3) is 0 Å². The van der Waals surface area contributed by atoms with E-state index >= 15 is 0 Å². The molecular formula is C41H67N7O5. The molecular weight excluding hydrogens is 670 g/mol. The smallest absolute Gasteiger partial charge is 0.315 e. The molecule has 5 saturated carbocycles. The number of urea groups is 1. The van der Waals surface area contributed by atoms with Gasteiger partial charge in [0.1, 0.15) is 12.1 Å². The van der Waals surface area contributed by atoms with E-state index in [0.29, 0.717) is 19.4 Å². The Balaban J connectivity index is 1.11. The lowest BCUT2D eigenvalue weighted by atomic mass is 9.73. The molecule has 12 nitrogen and oxygen atoms in total. The van der Waals surface area contributed by atoms with E-state index in [1.807, 2.05) is 20.8 Å². The van der Waals surface area contributed by atoms with Crippen molar-refractivity contribution in [3.63, 3.8) is 0 Å². The van der Waals surface area contributed by atoms with Gasteiger partial charge in [-0.05, 0) is 80.6 Å². The Morgan fingerprint density at radius 2 is 1.51 bits per heavy atom. The molecule has 5 amide bonds. The topological polar surface area (TPSA) is 157 Å². The van der Waals surface area contributed by atoms with Gasteiger partial charge in [0.15, 0.2) is 0 Å². The Kier molecular flexibility index (Phi) is 9.81. The summed E-state index contributed by atoms with van der Waals surface area (Å²) in [6.45, 7) is 14.7. The summed E-state index contributed by atoms with van der Waals surface area (Å²) in [5.41, 5.74) is 4.51. The standard InChI is InChI=1S/C41H67N7O5/c1-36(2,3)31(44-35(53)45-38(14-8-7-9-15-38)24-47-21-20-46(6)39(25-47)18-19-39)34(52)48-26-41(37(4,5)40(41)16-11-17-40)23-29(48)33(51)43-28(30(49)32(42)50)22-27-12-10-13-27/h27-29,31H,7-26H2,1-6H3,(H2,42,50)(H,43,51)(H2,44,45,53)/t28?,29-,31+,41+/m0/s1. The molecule has 0 aromatic carbocycles. The molecule has 12 heteroatoms. The summed E-state index contributed by atoms with van der Waals surface area (Å²) >= 11 is 0. The van der Waals surface area contributed by atoms with Crippen molar-refractivity contribution >= 4 is 29.5 Å². The summed E-state index contributed by atoms with van der Waals surface area (Å²) in [5.74, 6) is -2.27. The molecule has 2 aliphatic heterocycles. The molecule has 0 radical (unpaired) electrons. The summed E-state index contributed by atoms with van der Waals surface area (Å²) in [6.07, 6.45) is 14.7. The number of carbonyl (C=O) groups is 5. The fourth-order valence-electron chi connectivity index (χ4n) is 12.0. The van der Waals surface area contributed by atoms with Crippen LogP contribution in [0.3, 0.4) is 0 Å². The number of piperazine rings is 1. The van der Waals surface area contributed by atoms with Gasteiger partial charge in [0.2, 0.25) is 17.6 Å². The Labute approximate surface area is 316 Å². The van der Waals surface area contributed by atoms with Gasteiger partial charge in [0.05, 0.1) is 11.6 Å². The van der Waals surface area contributed by atoms with Gasteiger partial charge in [-0.3, -0.25) is 29.0 Å². The first kappa shape index (κ1) is 38.5. The SMILES string of the molecule is CN1CCN(CC2(NC(=O)N[C@H](C(=O)N3C[C@]4(C[C@H]3C(=O)NC(CC3CCC3)C(=O)C(N)=O)C(C)(C)C43CCC3)C(C)(C)C)CCCCC2)CC12CC2. The minimum atomic E-state index is -1.05. The fourth-order valence-corrected chi connectivity index (χ4v) is 12.0. The number of carbonyl (C=O) groups excluding carboxylic acids is 5. The number of ketones is 1. The normalized spacial score (nSPS) is 30.9. The maximum Gasteiger partial charge on any atom is 0.315 e. The summed E-state index contributed by atoms with van der Waals surface area (Å²) in [7, 11) is 2.23. The first-order valence-corrected chi connectivity index (χ1v) is 20.9. The van der Waals surface area contributed by atoms with Gasteiger partial charge in [0.25, 0.3) is 5.91 Å². The van der Waals surface area contributed by atoms with Crippen molar-refractivity contribution < 1.29 is 24.0 Å². The summed E-state index contributed by atoms with van der Waals surface area (Å²) < 4.78 is 0. The van der Waals surface area contributed by atoms with Crippen LogP contribution in [0.2, 0.25) is 0 Å². The lowest BCUT2D eigenvalue weighted by Crippen LogP contribution is -2.65. The van der Waals surface area contributed by atoms with Crippen LogP contribution >= 0.6 is 0 Å². The third-order valence-corrected chi connectivity index (χ3v) is 16.1. The molecule has 296 valence electrons. The van der Waals surface area contributed by atoms with Gasteiger partial charge in [0, 0.05) is 43.7 Å². The van der Waals surface area contributed by atoms with E-state index in [1.165, 1.54) is 12.8 Å². The number of likely N-dealkylation sites (tertiary alicyclic amines) is 1. The zero-order chi connectivity index (χ0) is 38.2. The largest absolute Gasteiger partial charge is 0.363 e. The van der Waals surface area contributed by atoms with Crippen LogP contribution in [0.4, 0.5) is 4.79 Å². The van der Waals surface area contributed by atoms with Crippen LogP contribution in [0.15, 0.2) is 0 Å². The number of nitrogens with zero attached hydrogens (tertiary/aromatic N) is 3. The molecule has 5 N–H and O–H groups in total. The average molecular weight is 738 g/mol. The highest BCUT2D eigenvalue weighted by molar-refractivity contribution is 6.37. The highest BCUT2D eigenvalue weighted by atomic mass is 16.2. The summed E-state index contributed by atoms with van der Waals surface area (Å²) in [4.78, 5) is 75.4. The Morgan fingerprint density at radius 1 is 0.830 bits per heavy atom. The highest BCUT2D eigenvalue weighted by Gasteiger charge is 2.85. The molecule has 53 heavy (non-hydrogen) atoms. The fraction of sp³-hybridized carbons (Fsp3) is 0.878. The molecule has 7 rings (SSSR count). The van der Waals surface area contributed by atoms with Crippen molar-refractivity contribution in [1.82, 2.24) is 30.7 Å². The van der Waals surface area contributed by atoms with Gasteiger partial charge in [-0.25, -0.2) is 4.79 Å². The van der Waals surface area contributed by atoms with Crippen LogP contribution in [-0.4, -0.2) is 113 Å². The first-order chi connectivity index (χ1) is 24.9. The number of Topliss-reactive ketones (excluding diaryl/α,β-unsaturated/α-hetero) is 1. The van der Waals surface area contributed by atoms with Gasteiger partial charge in [-0.2, -0.15) is 0 Å². The van der Waals surface area contributed by atoms with Crippen LogP contribution in [0.5, 0.6) is 0 Å². The Hall–Kier alpha value is -2.73. The number of nitrogens with two attached hydrogens (primary N) is 1. The quantitative estimate of drug-likeness (QED) is 0.236. The second-order valence-electron chi connectivity index (χ2n) is 20.2. The van der Waals surface area contributed by atoms with Crippen molar-refractivity contribution in [2.45, 2.75) is 160 Å². The number of amides is 5. The molecule has 3 spiro atoms. The Bertz CT molecular complexity index is 1490. The van der Waals surface area contributed by atoms with Crippen LogP contribution < -0.4 is 21.7 Å². The van der Waals surface area contributed by atoms with E-state index < -0.39 is 41.1 Å². The van der Waals surface area contributed by atoms with Gasteiger partial charge >= 0.3 is 6.03 Å². The summed E-state index contributed by atoms with van der Waals surface area (Å²) in [6, 6.07) is -3.05. The molecule has 1 unspecified atom stereocenters. The van der Waals surface area contributed by atoms with Crippen molar-refractivity contribution in [3.8, 4) is 0 Å². The van der Waals surface area contributed by atoms with E-state index in [4.69, 9.17) is 5.73 Å². The van der Waals surface area contributed by atoms with E-state index in [-0.39, 0.29) is 45.2 Å². The van der Waals surface area contributed by atoms with Gasteiger partial charge in [-0.1, -0.05) is 79.6 Å². The van der Waals surface area contributed by atoms with E-state index in [9.17, 15) is 24.0 Å². The van der Waals surface area contributed by atoms with E-state index in [0.717, 1.165) is 96.8 Å². The lowest BCUT2D eigenvalue weighted by molar-refractivity contribution is -0.143. The van der Waals surface area contributed by atoms with Crippen LogP contribution in [-0.2, 0) is 19.2 Å². The number of fused-ring (bicyclic) bond motifs is 1. The second kappa shape index (κ2) is 13.5. The number of nitrogens with one attached hydrogen (secondary N) is 3. The van der Waals surface area contributed by atoms with Crippen molar-refractivity contribution in [2.24, 2.45) is 33.3 Å². The van der Waals surface area contributed by atoms with E-state index in [2.05, 4.69) is 46.6 Å². The third kappa shape index (κ3) is 6.59. The van der Waals surface area contributed by atoms with Gasteiger partial charge in [-0.15, -0.1) is 0 Å². The molecule has 5 aliphatic carbocycles. The summed E-state index contributed by atoms with van der Waals surface area (Å²) in [5, 5.41) is 9.51. The maximum atomic E-state index is 15.0. The zero-order valence-corrected chi connectivity index (χ0v) is 33.4. The number of hydrogen-bond donors (Lipinski definition) is 4. The predicted octanol–water partition coefficient (Wildman–Crippen LogP) is 3.71. The third-order valence-electron chi connectivity index (χ3n) is 16.1. The van der Waals surface area contributed by atoms with E-state index in [1.54, 1.807) is 4.90 Å². The lowest BCUT2D eigenvalue weighted by Gasteiger charge is -2.47. The van der Waals surface area contributed by atoms with Crippen LogP contribution in [0, 0.1) is 27.6 Å². The van der Waals surface area contributed by atoms with Crippen molar-refractivity contribution in [1.29, 1.82) is 0 Å². The molecule has 7 fully saturated rings. The molecule has 7 aliphatic rings. The Morgan fingerprint density at radius 3 is 2.04 bits per heavy atom. The van der Waals surface area contributed by atoms with Crippen molar-refractivity contribution in [3.05, 3.63) is 0 Å². The molecule has 0 aromatic rings. The second-order valence-corrected chi connectivity index (χ2v) is 20.2. The minimum absolute atomic E-state index is 0.0577. The van der Waals surface area contributed by atoms with Crippen molar-refractivity contribution in [2.75, 3.05) is 39.8 Å². The molecule has 4 atom stereocenters. The highest BCUT2D eigenvalue weighted by Crippen LogP contribution is 2.88. The van der Waals surface area contributed by atoms with Gasteiger partial charge < -0.3 is 26.6 Å². The first-order valence-electron chi connectivity index (χ1n) is 20.9. The maximum absolute atomic E-state index is 15.0. The molecule has 2 heterocycles. The number of hydrogen-bond acceptors (Lipinski definition) is 7. The predicted molar refractivity (Wildman–Crippen MR) is 202 cm³/mol.